The first-order chi connectivity index (χ1) is 17.7. The van der Waals surface area contributed by atoms with Crippen molar-refractivity contribution in [3.05, 3.63) is 70.4 Å². The Labute approximate surface area is 216 Å². The predicted molar refractivity (Wildman–Crippen MR) is 126 cm³/mol. The third-order valence-electron chi connectivity index (χ3n) is 4.97. The third kappa shape index (κ3) is 5.52. The third-order valence-corrected chi connectivity index (χ3v) is 8.12. The molecule has 1 amide bonds. The molecule has 17 heteroatoms. The SMILES string of the molecule is COC(=O)[C@@](NC(=O)c1ccc(OC)cc1)(Nc1ncc(S(=O)(=O)c2ccc([N+](=O)[O-])cc2)s1)C(F)(F)F. The van der Waals surface area contributed by atoms with Gasteiger partial charge in [0.15, 0.2) is 5.13 Å². The van der Waals surface area contributed by atoms with Gasteiger partial charge in [0, 0.05) is 17.7 Å². The molecule has 0 radical (unpaired) electrons. The van der Waals surface area contributed by atoms with E-state index >= 15 is 0 Å². The van der Waals surface area contributed by atoms with Crippen LogP contribution in [-0.2, 0) is 19.4 Å². The van der Waals surface area contributed by atoms with E-state index in [2.05, 4.69) is 9.72 Å². The van der Waals surface area contributed by atoms with Crippen LogP contribution in [0.25, 0.3) is 0 Å². The molecule has 0 aliphatic heterocycles. The first-order valence-corrected chi connectivity index (χ1v) is 12.4. The number of hydrogen-bond acceptors (Lipinski definition) is 11. The number of halogens is 3. The van der Waals surface area contributed by atoms with Crippen LogP contribution in [0.15, 0.2) is 63.8 Å². The van der Waals surface area contributed by atoms with Crippen LogP contribution in [0, 0.1) is 10.1 Å². The zero-order valence-corrected chi connectivity index (χ0v) is 20.9. The Balaban J connectivity index is 1.98. The fourth-order valence-corrected chi connectivity index (χ4v) is 5.48. The highest BCUT2D eigenvalue weighted by Crippen LogP contribution is 2.36. The predicted octanol–water partition coefficient (Wildman–Crippen LogP) is 3.17. The summed E-state index contributed by atoms with van der Waals surface area (Å²) in [6.45, 7) is 0. The quantitative estimate of drug-likeness (QED) is 0.168. The Morgan fingerprint density at radius 2 is 1.66 bits per heavy atom. The summed E-state index contributed by atoms with van der Waals surface area (Å²) in [7, 11) is -2.35. The van der Waals surface area contributed by atoms with Crippen LogP contribution in [0.4, 0.5) is 24.0 Å². The van der Waals surface area contributed by atoms with Crippen LogP contribution in [0.5, 0.6) is 5.75 Å². The monoisotopic (exact) mass is 574 g/mol. The number of non-ortho nitro benzene ring substituents is 1. The van der Waals surface area contributed by atoms with E-state index < -0.39 is 47.8 Å². The number of thiazole rings is 1. The van der Waals surface area contributed by atoms with Crippen molar-refractivity contribution in [2.45, 2.75) is 20.9 Å². The molecule has 0 saturated heterocycles. The molecule has 0 unspecified atom stereocenters. The Hall–Kier alpha value is -4.25. The van der Waals surface area contributed by atoms with Crippen molar-refractivity contribution in [3.8, 4) is 5.75 Å². The first-order valence-electron chi connectivity index (χ1n) is 10.1. The molecule has 0 saturated carbocycles. The van der Waals surface area contributed by atoms with Crippen LogP contribution in [0.3, 0.4) is 0 Å². The molecule has 38 heavy (non-hydrogen) atoms. The number of anilines is 1. The normalized spacial score (nSPS) is 13.2. The van der Waals surface area contributed by atoms with Crippen LogP contribution in [0.2, 0.25) is 0 Å². The average Bonchev–Trinajstić information content (AvgIpc) is 3.36. The van der Waals surface area contributed by atoms with Gasteiger partial charge in [-0.15, -0.1) is 0 Å². The molecule has 0 bridgehead atoms. The minimum Gasteiger partial charge on any atom is -0.497 e. The largest absolute Gasteiger partial charge is 0.497 e. The fraction of sp³-hybridized carbons (Fsp3) is 0.190. The minimum atomic E-state index is -5.49. The van der Waals surface area contributed by atoms with Gasteiger partial charge in [0.25, 0.3) is 11.6 Å². The van der Waals surface area contributed by atoms with Gasteiger partial charge in [-0.1, -0.05) is 11.3 Å². The molecule has 12 nitrogen and oxygen atoms in total. The number of nitrogens with one attached hydrogen (secondary N) is 2. The number of alkyl halides is 3. The number of esters is 1. The molecule has 0 fully saturated rings. The molecular formula is C21H17F3N4O8S2. The number of ether oxygens (including phenoxy) is 2. The van der Waals surface area contributed by atoms with Gasteiger partial charge < -0.3 is 20.1 Å². The maximum atomic E-state index is 14.3. The summed E-state index contributed by atoms with van der Waals surface area (Å²) >= 11 is 0.224. The Bertz CT molecular complexity index is 1460. The standard InChI is InChI=1S/C21H17F3N4O8S2/c1-35-14-7-3-12(4-8-14)17(29)26-20(18(30)36-2,21(22,23)24)27-19-25-11-16(37-19)38(33,34)15-9-5-13(6-10-15)28(31)32/h3-11H,1-2H3,(H,25,27)(H,26,29)/t20-/m1/s1. The zero-order chi connectivity index (χ0) is 28.3. The molecule has 1 atom stereocenters. The number of rotatable bonds is 9. The average molecular weight is 575 g/mol. The number of nitro benzene ring substituents is 1. The molecule has 3 aromatic rings. The lowest BCUT2D eigenvalue weighted by atomic mass is 10.1. The van der Waals surface area contributed by atoms with E-state index in [1.54, 1.807) is 10.6 Å². The van der Waals surface area contributed by atoms with Gasteiger partial charge in [-0.2, -0.15) is 13.2 Å². The first kappa shape index (κ1) is 28.3. The molecule has 2 N–H and O–H groups in total. The van der Waals surface area contributed by atoms with Crippen LogP contribution >= 0.6 is 11.3 Å². The van der Waals surface area contributed by atoms with Crippen molar-refractivity contribution in [2.24, 2.45) is 0 Å². The summed E-state index contributed by atoms with van der Waals surface area (Å²) in [6.07, 6.45) is -4.77. The van der Waals surface area contributed by atoms with Crippen molar-refractivity contribution in [2.75, 3.05) is 19.5 Å². The Kier molecular flexibility index (Phi) is 7.92. The Morgan fingerprint density at radius 3 is 2.16 bits per heavy atom. The van der Waals surface area contributed by atoms with Gasteiger partial charge in [-0.3, -0.25) is 14.9 Å². The van der Waals surface area contributed by atoms with Crippen molar-refractivity contribution in [1.29, 1.82) is 0 Å². The van der Waals surface area contributed by atoms with E-state index in [0.717, 1.165) is 42.6 Å². The van der Waals surface area contributed by atoms with Gasteiger partial charge in [-0.05, 0) is 36.4 Å². The summed E-state index contributed by atoms with van der Waals surface area (Å²) in [5, 5.41) is 13.4. The second-order valence-electron chi connectivity index (χ2n) is 7.29. The van der Waals surface area contributed by atoms with Crippen molar-refractivity contribution >= 4 is 43.9 Å². The second kappa shape index (κ2) is 10.6. The summed E-state index contributed by atoms with van der Waals surface area (Å²) in [4.78, 5) is 38.4. The molecular weight excluding hydrogens is 557 g/mol. The lowest BCUT2D eigenvalue weighted by molar-refractivity contribution is -0.384. The van der Waals surface area contributed by atoms with Gasteiger partial charge in [-0.25, -0.2) is 18.2 Å². The van der Waals surface area contributed by atoms with E-state index in [4.69, 9.17) is 4.74 Å². The molecule has 2 aromatic carbocycles. The second-order valence-corrected chi connectivity index (χ2v) is 10.5. The molecule has 3 rings (SSSR count). The zero-order valence-electron chi connectivity index (χ0n) is 19.3. The number of aromatic nitrogens is 1. The highest BCUT2D eigenvalue weighted by molar-refractivity contribution is 7.93. The Morgan fingerprint density at radius 1 is 1.05 bits per heavy atom. The van der Waals surface area contributed by atoms with Crippen LogP contribution < -0.4 is 15.4 Å². The molecule has 0 spiro atoms. The summed E-state index contributed by atoms with van der Waals surface area (Å²) in [6, 6.07) is 8.71. The summed E-state index contributed by atoms with van der Waals surface area (Å²) in [5.41, 5.74) is -4.49. The van der Waals surface area contributed by atoms with Gasteiger partial charge in [0.05, 0.1) is 30.2 Å². The van der Waals surface area contributed by atoms with Crippen molar-refractivity contribution in [1.82, 2.24) is 10.3 Å². The molecule has 0 aliphatic carbocycles. The maximum absolute atomic E-state index is 14.3. The van der Waals surface area contributed by atoms with Gasteiger partial charge in [0.1, 0.15) is 9.96 Å². The number of benzene rings is 2. The number of nitro groups is 1. The van der Waals surface area contributed by atoms with E-state index in [1.807, 2.05) is 0 Å². The molecule has 1 aromatic heterocycles. The minimum absolute atomic E-state index is 0.224. The van der Waals surface area contributed by atoms with Crippen molar-refractivity contribution in [3.63, 3.8) is 0 Å². The van der Waals surface area contributed by atoms with Crippen molar-refractivity contribution < 1.29 is 45.6 Å². The van der Waals surface area contributed by atoms with Gasteiger partial charge >= 0.3 is 17.8 Å². The number of amides is 1. The molecule has 1 heterocycles. The van der Waals surface area contributed by atoms with E-state index in [1.165, 1.54) is 19.2 Å². The van der Waals surface area contributed by atoms with Crippen LogP contribution in [-0.4, -0.2) is 56.3 Å². The van der Waals surface area contributed by atoms with Gasteiger partial charge in [0.2, 0.25) is 9.84 Å². The number of methoxy groups -OCH3 is 2. The maximum Gasteiger partial charge on any atom is 0.442 e. The summed E-state index contributed by atoms with van der Waals surface area (Å²) < 4.78 is 77.4. The van der Waals surface area contributed by atoms with E-state index in [-0.39, 0.29) is 27.5 Å². The molecule has 202 valence electrons. The smallest absolute Gasteiger partial charge is 0.442 e. The lowest BCUT2D eigenvalue weighted by Crippen LogP contribution is -2.69. The molecule has 0 aliphatic rings. The fourth-order valence-electron chi connectivity index (χ4n) is 2.99. The lowest BCUT2D eigenvalue weighted by Gasteiger charge is -2.34. The highest BCUT2D eigenvalue weighted by Gasteiger charge is 2.64. The summed E-state index contributed by atoms with van der Waals surface area (Å²) in [5.74, 6) is -2.96. The number of carbonyl (C=O) groups excluding carboxylic acids is 2. The van der Waals surface area contributed by atoms with Crippen LogP contribution in [0.1, 0.15) is 10.4 Å². The highest BCUT2D eigenvalue weighted by atomic mass is 32.2. The number of nitrogens with zero attached hydrogens (tertiary/aromatic N) is 2. The number of carbonyl (C=O) groups is 2. The topological polar surface area (TPSA) is 167 Å². The van der Waals surface area contributed by atoms with E-state index in [9.17, 15) is 41.3 Å². The van der Waals surface area contributed by atoms with E-state index in [0.29, 0.717) is 12.9 Å². The number of hydrogen-bond donors (Lipinski definition) is 2. The number of sulfone groups is 1.